The second-order valence-electron chi connectivity index (χ2n) is 4.12. The van der Waals surface area contributed by atoms with Crippen molar-refractivity contribution in [2.45, 2.75) is 25.9 Å². The van der Waals surface area contributed by atoms with Gasteiger partial charge < -0.3 is 11.1 Å². The third kappa shape index (κ3) is 3.18. The normalized spacial score (nSPS) is 11.3. The number of nitrogens with one attached hydrogen (secondary N) is 1. The van der Waals surface area contributed by atoms with E-state index in [0.29, 0.717) is 5.56 Å². The number of rotatable bonds is 3. The highest BCUT2D eigenvalue weighted by molar-refractivity contribution is 6.30. The molecule has 0 saturated heterocycles. The average Bonchev–Trinajstić information content (AvgIpc) is 2.18. The van der Waals surface area contributed by atoms with Gasteiger partial charge in [0.1, 0.15) is 5.82 Å². The Kier molecular flexibility index (Phi) is 3.88. The fraction of sp³-hybridized carbons (Fsp3) is 0.364. The first-order chi connectivity index (χ1) is 7.32. The van der Waals surface area contributed by atoms with E-state index in [1.165, 1.54) is 6.07 Å². The zero-order valence-corrected chi connectivity index (χ0v) is 9.94. The zero-order valence-electron chi connectivity index (χ0n) is 9.18. The van der Waals surface area contributed by atoms with Crippen LogP contribution < -0.4 is 11.1 Å². The molecule has 0 bridgehead atoms. The molecular formula is C11H14ClFN2O. The van der Waals surface area contributed by atoms with Gasteiger partial charge in [-0.1, -0.05) is 23.7 Å². The van der Waals surface area contributed by atoms with Crippen molar-refractivity contribution in [3.8, 4) is 0 Å². The molecule has 1 aromatic rings. The minimum absolute atomic E-state index is 0.0405. The molecule has 88 valence electrons. The predicted molar refractivity (Wildman–Crippen MR) is 61.5 cm³/mol. The Morgan fingerprint density at radius 1 is 1.56 bits per heavy atom. The first-order valence-electron chi connectivity index (χ1n) is 4.82. The lowest BCUT2D eigenvalue weighted by molar-refractivity contribution is -0.125. The number of benzene rings is 1. The van der Waals surface area contributed by atoms with Crippen molar-refractivity contribution in [3.05, 3.63) is 34.6 Å². The lowest BCUT2D eigenvalue weighted by Gasteiger charge is -2.17. The Morgan fingerprint density at radius 2 is 2.19 bits per heavy atom. The summed E-state index contributed by atoms with van der Waals surface area (Å²) in [6, 6.07) is 4.64. The maximum absolute atomic E-state index is 13.4. The minimum Gasteiger partial charge on any atom is -0.350 e. The van der Waals surface area contributed by atoms with Crippen LogP contribution in [0.3, 0.4) is 0 Å². The second-order valence-corrected chi connectivity index (χ2v) is 4.52. The fourth-order valence-electron chi connectivity index (χ4n) is 1.09. The number of hydrogen-bond acceptors (Lipinski definition) is 2. The van der Waals surface area contributed by atoms with Crippen LogP contribution in [0.1, 0.15) is 19.4 Å². The summed E-state index contributed by atoms with van der Waals surface area (Å²) in [5.74, 6) is -0.855. The Balaban J connectivity index is 2.69. The maximum atomic E-state index is 13.4. The molecule has 0 radical (unpaired) electrons. The number of carbonyl (C=O) groups excluding carboxylic acids is 1. The van der Waals surface area contributed by atoms with Gasteiger partial charge in [-0.3, -0.25) is 4.79 Å². The van der Waals surface area contributed by atoms with Gasteiger partial charge in [0.25, 0.3) is 0 Å². The molecule has 0 aromatic heterocycles. The summed E-state index contributed by atoms with van der Waals surface area (Å²) < 4.78 is 13.4. The Labute approximate surface area is 98.8 Å². The highest BCUT2D eigenvalue weighted by Crippen LogP contribution is 2.17. The van der Waals surface area contributed by atoms with Gasteiger partial charge >= 0.3 is 0 Å². The Bertz CT molecular complexity index is 401. The largest absolute Gasteiger partial charge is 0.350 e. The van der Waals surface area contributed by atoms with Gasteiger partial charge in [-0.05, 0) is 19.9 Å². The molecule has 0 fully saturated rings. The van der Waals surface area contributed by atoms with Gasteiger partial charge in [-0.15, -0.1) is 0 Å². The van der Waals surface area contributed by atoms with Crippen LogP contribution in [-0.2, 0) is 11.3 Å². The van der Waals surface area contributed by atoms with Crippen molar-refractivity contribution in [2.24, 2.45) is 5.73 Å². The van der Waals surface area contributed by atoms with Crippen molar-refractivity contribution < 1.29 is 9.18 Å². The van der Waals surface area contributed by atoms with E-state index in [2.05, 4.69) is 5.32 Å². The van der Waals surface area contributed by atoms with Crippen LogP contribution in [0.25, 0.3) is 0 Å². The highest BCUT2D eigenvalue weighted by Gasteiger charge is 2.21. The Morgan fingerprint density at radius 3 is 2.75 bits per heavy atom. The molecule has 5 heteroatoms. The monoisotopic (exact) mass is 244 g/mol. The number of hydrogen-bond donors (Lipinski definition) is 2. The van der Waals surface area contributed by atoms with E-state index in [0.717, 1.165) is 0 Å². The van der Waals surface area contributed by atoms with Crippen molar-refractivity contribution in [1.82, 2.24) is 5.32 Å². The summed E-state index contributed by atoms with van der Waals surface area (Å²) in [5.41, 5.74) is 4.94. The van der Waals surface area contributed by atoms with Crippen LogP contribution in [0.5, 0.6) is 0 Å². The fourth-order valence-corrected chi connectivity index (χ4v) is 1.28. The molecule has 1 amide bonds. The van der Waals surface area contributed by atoms with Crippen molar-refractivity contribution in [1.29, 1.82) is 0 Å². The van der Waals surface area contributed by atoms with E-state index in [1.54, 1.807) is 26.0 Å². The van der Waals surface area contributed by atoms with Gasteiger partial charge in [0.2, 0.25) is 5.91 Å². The average molecular weight is 245 g/mol. The Hall–Kier alpha value is -1.13. The molecule has 0 atom stereocenters. The van der Waals surface area contributed by atoms with Crippen molar-refractivity contribution in [3.63, 3.8) is 0 Å². The first-order valence-corrected chi connectivity index (χ1v) is 5.20. The molecule has 3 N–H and O–H groups in total. The molecule has 16 heavy (non-hydrogen) atoms. The quantitative estimate of drug-likeness (QED) is 0.852. The summed E-state index contributed by atoms with van der Waals surface area (Å²) in [5, 5.41) is 2.58. The molecule has 3 nitrogen and oxygen atoms in total. The molecule has 0 saturated carbocycles. The van der Waals surface area contributed by atoms with Crippen LogP contribution >= 0.6 is 11.6 Å². The minimum atomic E-state index is -0.977. The number of nitrogens with two attached hydrogens (primary N) is 1. The van der Waals surface area contributed by atoms with Gasteiger partial charge in [-0.2, -0.15) is 0 Å². The van der Waals surface area contributed by atoms with E-state index < -0.39 is 11.4 Å². The van der Waals surface area contributed by atoms with Gasteiger partial charge in [-0.25, -0.2) is 4.39 Å². The summed E-state index contributed by atoms with van der Waals surface area (Å²) in [4.78, 5) is 11.4. The molecular weight excluding hydrogens is 231 g/mol. The smallest absolute Gasteiger partial charge is 0.239 e. The number of halogens is 2. The number of carbonyl (C=O) groups is 1. The molecule has 0 spiro atoms. The summed E-state index contributed by atoms with van der Waals surface area (Å²) >= 11 is 5.61. The van der Waals surface area contributed by atoms with Crippen LogP contribution in [0.15, 0.2) is 18.2 Å². The predicted octanol–water partition coefficient (Wildman–Crippen LogP) is 1.83. The second kappa shape index (κ2) is 4.80. The third-order valence-electron chi connectivity index (χ3n) is 2.06. The van der Waals surface area contributed by atoms with Gasteiger partial charge in [0.15, 0.2) is 0 Å². The van der Waals surface area contributed by atoms with E-state index in [1.807, 2.05) is 0 Å². The molecule has 0 unspecified atom stereocenters. The zero-order chi connectivity index (χ0) is 12.3. The summed E-state index contributed by atoms with van der Waals surface area (Å²) in [6.07, 6.45) is 0. The van der Waals surface area contributed by atoms with Gasteiger partial charge in [0.05, 0.1) is 10.6 Å². The van der Waals surface area contributed by atoms with Crippen molar-refractivity contribution in [2.75, 3.05) is 0 Å². The van der Waals surface area contributed by atoms with Crippen LogP contribution in [0, 0.1) is 5.82 Å². The molecule has 0 aliphatic rings. The molecule has 1 rings (SSSR count). The summed E-state index contributed by atoms with van der Waals surface area (Å²) in [6.45, 7) is 3.24. The lowest BCUT2D eigenvalue weighted by atomic mass is 10.1. The first kappa shape index (κ1) is 12.9. The third-order valence-corrected chi connectivity index (χ3v) is 2.35. The number of amides is 1. The molecule has 1 aromatic carbocycles. The lowest BCUT2D eigenvalue weighted by Crippen LogP contribution is -2.48. The molecule has 0 aliphatic heterocycles. The van der Waals surface area contributed by atoms with Crippen LogP contribution in [0.2, 0.25) is 5.02 Å². The van der Waals surface area contributed by atoms with Gasteiger partial charge in [0, 0.05) is 12.1 Å². The van der Waals surface area contributed by atoms with E-state index in [4.69, 9.17) is 17.3 Å². The van der Waals surface area contributed by atoms with Crippen LogP contribution in [-0.4, -0.2) is 11.4 Å². The van der Waals surface area contributed by atoms with E-state index >= 15 is 0 Å². The molecule has 0 aliphatic carbocycles. The summed E-state index contributed by atoms with van der Waals surface area (Å²) in [7, 11) is 0. The SMILES string of the molecule is CC(C)(N)C(=O)NCc1cccc(Cl)c1F. The van der Waals surface area contributed by atoms with E-state index in [9.17, 15) is 9.18 Å². The highest BCUT2D eigenvalue weighted by atomic mass is 35.5. The van der Waals surface area contributed by atoms with Crippen LogP contribution in [0.4, 0.5) is 4.39 Å². The van der Waals surface area contributed by atoms with E-state index in [-0.39, 0.29) is 17.5 Å². The topological polar surface area (TPSA) is 55.1 Å². The van der Waals surface area contributed by atoms with Crippen molar-refractivity contribution >= 4 is 17.5 Å². The standard InChI is InChI=1S/C11H14ClFN2O/c1-11(2,14)10(16)15-6-7-4-3-5-8(12)9(7)13/h3-5H,6,14H2,1-2H3,(H,15,16). The maximum Gasteiger partial charge on any atom is 0.239 e. The molecule has 0 heterocycles.